The maximum Gasteiger partial charge on any atom is 0.229 e. The Bertz CT molecular complexity index is 1760. The van der Waals surface area contributed by atoms with Gasteiger partial charge in [0.1, 0.15) is 4.90 Å². The van der Waals surface area contributed by atoms with Crippen molar-refractivity contribution in [2.45, 2.75) is 30.8 Å². The van der Waals surface area contributed by atoms with Gasteiger partial charge in [-0.3, -0.25) is 4.79 Å². The van der Waals surface area contributed by atoms with E-state index in [9.17, 15) is 17.6 Å². The summed E-state index contributed by atoms with van der Waals surface area (Å²) in [5.74, 6) is -0.523. The smallest absolute Gasteiger partial charge is 0.229 e. The first-order valence-corrected chi connectivity index (χ1v) is 17.3. The molecule has 14 heteroatoms. The molecule has 3 N–H and O–H groups in total. The number of aromatic amines is 1. The number of sulfone groups is 1. The Morgan fingerprint density at radius 1 is 1.19 bits per heavy atom. The van der Waals surface area contributed by atoms with Gasteiger partial charge >= 0.3 is 0 Å². The van der Waals surface area contributed by atoms with Gasteiger partial charge in [-0.2, -0.15) is 0 Å². The van der Waals surface area contributed by atoms with Crippen molar-refractivity contribution in [2.24, 2.45) is 5.92 Å². The van der Waals surface area contributed by atoms with Crippen LogP contribution in [0.3, 0.4) is 0 Å². The number of carbonyl (C=O) groups excluding carboxylic acids is 1. The van der Waals surface area contributed by atoms with Crippen LogP contribution in [-0.4, -0.2) is 99.5 Å². The maximum absolute atomic E-state index is 15.0. The van der Waals surface area contributed by atoms with Gasteiger partial charge in [-0.15, -0.1) is 0 Å². The van der Waals surface area contributed by atoms with Crippen molar-refractivity contribution < 1.29 is 17.6 Å². The number of aryl methyl sites for hydroxylation is 1. The highest BCUT2D eigenvalue weighted by Gasteiger charge is 2.30. The van der Waals surface area contributed by atoms with Crippen LogP contribution in [0, 0.1) is 18.7 Å². The second-order valence-corrected chi connectivity index (χ2v) is 14.3. The predicted molar refractivity (Wildman–Crippen MR) is 170 cm³/mol. The topological polar surface area (TPSA) is 136 Å². The number of nitrogens with one attached hydrogen (secondary N) is 3. The van der Waals surface area contributed by atoms with Crippen LogP contribution in [0.2, 0.25) is 0 Å². The monoisotopic (exact) mass is 624 g/mol. The van der Waals surface area contributed by atoms with E-state index in [1.54, 1.807) is 18.6 Å². The van der Waals surface area contributed by atoms with E-state index >= 15 is 0 Å². The number of pyridine rings is 1. The Morgan fingerprint density at radius 3 is 2.63 bits per heavy atom. The average molecular weight is 625 g/mol. The predicted octanol–water partition coefficient (Wildman–Crippen LogP) is 2.52. The highest BCUT2D eigenvalue weighted by atomic mass is 32.2. The first-order chi connectivity index (χ1) is 20.5. The Morgan fingerprint density at radius 2 is 1.93 bits per heavy atom. The summed E-state index contributed by atoms with van der Waals surface area (Å²) in [5.41, 5.74) is 2.97. The van der Waals surface area contributed by atoms with E-state index in [0.29, 0.717) is 17.0 Å². The minimum atomic E-state index is -3.75. The Labute approximate surface area is 253 Å². The number of aromatic nitrogens is 4. The molecule has 5 rings (SSSR count). The fourth-order valence-electron chi connectivity index (χ4n) is 5.57. The lowest BCUT2D eigenvalue weighted by atomic mass is 10.0. The first kappa shape index (κ1) is 30.7. The molecule has 4 aromatic rings. The minimum Gasteiger partial charge on any atom is -0.357 e. The molecule has 1 unspecified atom stereocenters. The number of H-pyrrole nitrogens is 1. The van der Waals surface area contributed by atoms with Gasteiger partial charge in [-0.25, -0.2) is 27.8 Å². The van der Waals surface area contributed by atoms with Crippen molar-refractivity contribution in [3.63, 3.8) is 0 Å². The van der Waals surface area contributed by atoms with Gasteiger partial charge in [0.05, 0.1) is 16.9 Å². The normalized spacial score (nSPS) is 16.3. The molecule has 1 aliphatic heterocycles. The van der Waals surface area contributed by atoms with Crippen molar-refractivity contribution in [2.75, 3.05) is 50.1 Å². The summed E-state index contributed by atoms with van der Waals surface area (Å²) in [6.45, 7) is 7.86. The molecule has 0 bridgehead atoms. The van der Waals surface area contributed by atoms with Crippen LogP contribution in [-0.2, 0) is 14.6 Å². The number of likely N-dealkylation sites (N-methyl/N-ethyl adjacent to an activating group) is 1. The highest BCUT2D eigenvalue weighted by Crippen LogP contribution is 2.33. The van der Waals surface area contributed by atoms with Crippen LogP contribution >= 0.6 is 0 Å². The van der Waals surface area contributed by atoms with E-state index in [1.165, 1.54) is 18.2 Å². The molecule has 0 saturated carbocycles. The molecule has 1 aliphatic rings. The quantitative estimate of drug-likeness (QED) is 0.240. The molecule has 2 atom stereocenters. The highest BCUT2D eigenvalue weighted by molar-refractivity contribution is 7.90. The zero-order valence-electron chi connectivity index (χ0n) is 25.0. The molecule has 1 saturated heterocycles. The van der Waals surface area contributed by atoms with Crippen molar-refractivity contribution >= 4 is 54.3 Å². The zero-order valence-corrected chi connectivity index (χ0v) is 27.8. The summed E-state index contributed by atoms with van der Waals surface area (Å²) in [7, 11) is -0.746. The van der Waals surface area contributed by atoms with Crippen LogP contribution in [0.1, 0.15) is 18.9 Å². The molecule has 1 fully saturated rings. The van der Waals surface area contributed by atoms with Gasteiger partial charge < -0.3 is 25.4 Å². The molecule has 0 aliphatic carbocycles. The number of rotatable bonds is 9. The lowest BCUT2D eigenvalue weighted by molar-refractivity contribution is -0.121. The molecular weight excluding hydrogens is 588 g/mol. The summed E-state index contributed by atoms with van der Waals surface area (Å²) < 4.78 is 38.9. The van der Waals surface area contributed by atoms with Gasteiger partial charge in [0.2, 0.25) is 11.9 Å². The van der Waals surface area contributed by atoms with Crippen molar-refractivity contribution in [3.05, 3.63) is 54.2 Å². The Balaban J connectivity index is 1.41. The fraction of sp³-hybridized carbons (Fsp3) is 0.379. The summed E-state index contributed by atoms with van der Waals surface area (Å²) in [6, 6.07) is 5.94. The molecule has 1 amide bonds. The maximum atomic E-state index is 15.0. The third-order valence-corrected chi connectivity index (χ3v) is 10.8. The van der Waals surface area contributed by atoms with E-state index in [-0.39, 0.29) is 29.1 Å². The number of fused-ring (bicyclic) bond motifs is 1. The van der Waals surface area contributed by atoms with E-state index in [4.69, 9.17) is 0 Å². The van der Waals surface area contributed by atoms with Gasteiger partial charge in [-0.05, 0) is 44.2 Å². The summed E-state index contributed by atoms with van der Waals surface area (Å²) in [6.07, 6.45) is 6.75. The van der Waals surface area contributed by atoms with E-state index in [2.05, 4.69) is 54.3 Å². The SMILES string of the molecule is CC[C@@H](C(=O)Nc1nccc2c(-c3nc(Nc4cccc(S(C)(=O)=O)c4F)ncc3C)c[nH]c12)C([SiH3])N1CCN(C)CC1. The number of anilines is 3. The van der Waals surface area contributed by atoms with Gasteiger partial charge in [0.15, 0.2) is 21.5 Å². The van der Waals surface area contributed by atoms with Crippen molar-refractivity contribution in [1.29, 1.82) is 0 Å². The summed E-state index contributed by atoms with van der Waals surface area (Å²) in [4.78, 5) is 34.5. The number of halogens is 1. The van der Waals surface area contributed by atoms with Crippen molar-refractivity contribution in [3.8, 4) is 11.3 Å². The van der Waals surface area contributed by atoms with Crippen LogP contribution in [0.25, 0.3) is 22.2 Å². The van der Waals surface area contributed by atoms with E-state index in [0.717, 1.165) is 65.6 Å². The molecule has 228 valence electrons. The standard InChI is InChI=1S/C29H37FN8O3SSi/c1-5-18(28(43)38-13-11-37(3)12-14-38)27(39)36-26-25-19(9-10-31-26)20(16-32-25)24-17(2)15-33-29(35-24)34-21-7-6-8-22(23(21)30)42(4,40)41/h6-10,15-16,18,28,32H,5,11-14H2,1-4,43H3,(H,31,36,39)(H,33,34,35)/t18-,28?/m0/s1. The molecule has 3 aromatic heterocycles. The second kappa shape index (κ2) is 12.5. The second-order valence-electron chi connectivity index (χ2n) is 11.1. The number of hydrogen-bond acceptors (Lipinski definition) is 9. The number of benzene rings is 1. The van der Waals surface area contributed by atoms with Crippen LogP contribution < -0.4 is 10.6 Å². The molecule has 0 radical (unpaired) electrons. The number of carbonyl (C=O) groups is 1. The number of amides is 1. The molecular formula is C29H37FN8O3SSi. The third kappa shape index (κ3) is 6.46. The number of piperazine rings is 1. The average Bonchev–Trinajstić information content (AvgIpc) is 3.40. The third-order valence-electron chi connectivity index (χ3n) is 8.15. The molecule has 11 nitrogen and oxygen atoms in total. The number of hydrogen-bond donors (Lipinski definition) is 3. The lowest BCUT2D eigenvalue weighted by Gasteiger charge is -2.39. The van der Waals surface area contributed by atoms with Crippen molar-refractivity contribution in [1.82, 2.24) is 29.7 Å². The minimum absolute atomic E-state index is 0.0411. The van der Waals surface area contributed by atoms with Crippen LogP contribution in [0.4, 0.5) is 21.8 Å². The first-order valence-electron chi connectivity index (χ1n) is 14.3. The van der Waals surface area contributed by atoms with Gasteiger partial charge in [0.25, 0.3) is 0 Å². The van der Waals surface area contributed by atoms with Gasteiger partial charge in [0, 0.05) is 83.8 Å². The largest absolute Gasteiger partial charge is 0.357 e. The van der Waals surface area contributed by atoms with Crippen LogP contribution in [0.15, 0.2) is 47.8 Å². The summed E-state index contributed by atoms with van der Waals surface area (Å²) in [5, 5.41) is 6.70. The molecule has 4 heterocycles. The van der Waals surface area contributed by atoms with Gasteiger partial charge in [-0.1, -0.05) is 13.0 Å². The van der Waals surface area contributed by atoms with Crippen LogP contribution in [0.5, 0.6) is 0 Å². The molecule has 43 heavy (non-hydrogen) atoms. The Kier molecular flexibility index (Phi) is 8.92. The fourth-order valence-corrected chi connectivity index (χ4v) is 7.62. The molecule has 1 aromatic carbocycles. The zero-order chi connectivity index (χ0) is 30.9. The molecule has 0 spiro atoms. The summed E-state index contributed by atoms with van der Waals surface area (Å²) >= 11 is 0. The van der Waals surface area contributed by atoms with E-state index in [1.807, 2.05) is 13.0 Å². The van der Waals surface area contributed by atoms with E-state index < -0.39 is 20.5 Å². The number of nitrogens with zero attached hydrogens (tertiary/aromatic N) is 5. The lowest BCUT2D eigenvalue weighted by Crippen LogP contribution is -2.53. The Hall–Kier alpha value is -3.72.